The maximum Gasteiger partial charge on any atom is 0.265 e. The number of hydrogen-bond acceptors (Lipinski definition) is 6. The number of carbonyl (C=O) groups excluding carboxylic acids is 1. The van der Waals surface area contributed by atoms with Crippen LogP contribution in [-0.4, -0.2) is 27.3 Å². The summed E-state index contributed by atoms with van der Waals surface area (Å²) in [5.41, 5.74) is 1.81. The van der Waals surface area contributed by atoms with Gasteiger partial charge in [-0.3, -0.25) is 9.69 Å². The Hall–Kier alpha value is -2.51. The van der Waals surface area contributed by atoms with Crippen LogP contribution in [0.3, 0.4) is 0 Å². The number of rotatable bonds is 3. The van der Waals surface area contributed by atoms with Crippen LogP contribution in [0.1, 0.15) is 5.56 Å². The minimum Gasteiger partial charge on any atom is -0.507 e. The van der Waals surface area contributed by atoms with Gasteiger partial charge in [0, 0.05) is 12.6 Å². The summed E-state index contributed by atoms with van der Waals surface area (Å²) in [4.78, 5) is 13.9. The summed E-state index contributed by atoms with van der Waals surface area (Å²) in [6, 6.07) is 14.2. The lowest BCUT2D eigenvalue weighted by Crippen LogP contribution is -2.22. The monoisotopic (exact) mass is 355 g/mol. The molecule has 120 valence electrons. The Kier molecular flexibility index (Phi) is 4.73. The van der Waals surface area contributed by atoms with E-state index in [1.165, 1.54) is 22.7 Å². The molecule has 3 rings (SSSR count). The van der Waals surface area contributed by atoms with Crippen molar-refractivity contribution in [2.24, 2.45) is 10.2 Å². The maximum absolute atomic E-state index is 12.1. The van der Waals surface area contributed by atoms with Crippen molar-refractivity contribution in [3.05, 3.63) is 59.0 Å². The summed E-state index contributed by atoms with van der Waals surface area (Å²) in [7, 11) is 1.63. The van der Waals surface area contributed by atoms with Gasteiger partial charge in [0.25, 0.3) is 5.91 Å². The van der Waals surface area contributed by atoms with Crippen LogP contribution < -0.4 is 0 Å². The first kappa shape index (κ1) is 16.4. The Balaban J connectivity index is 1.89. The highest BCUT2D eigenvalue weighted by Crippen LogP contribution is 2.34. The molecule has 24 heavy (non-hydrogen) atoms. The summed E-state index contributed by atoms with van der Waals surface area (Å²) in [5, 5.41) is 18.3. The zero-order valence-corrected chi connectivity index (χ0v) is 14.3. The molecule has 1 fully saturated rings. The third kappa shape index (κ3) is 3.52. The first-order valence-electron chi connectivity index (χ1n) is 7.06. The fourth-order valence-corrected chi connectivity index (χ4v) is 3.19. The van der Waals surface area contributed by atoms with E-state index in [1.54, 1.807) is 25.3 Å². The number of nitrogens with zero attached hydrogens (tertiary/aromatic N) is 3. The Morgan fingerprint density at radius 3 is 2.50 bits per heavy atom. The Labute approximate surface area is 148 Å². The summed E-state index contributed by atoms with van der Waals surface area (Å²) in [6.45, 7) is 0. The van der Waals surface area contributed by atoms with Crippen molar-refractivity contribution in [1.82, 2.24) is 4.90 Å². The molecule has 0 atom stereocenters. The lowest BCUT2D eigenvalue weighted by atomic mass is 10.1. The largest absolute Gasteiger partial charge is 0.507 e. The van der Waals surface area contributed by atoms with Crippen molar-refractivity contribution in [3.8, 4) is 5.75 Å². The number of amides is 1. The van der Waals surface area contributed by atoms with Gasteiger partial charge in [0.1, 0.15) is 10.1 Å². The number of hydrogen-bond donors (Lipinski definition) is 1. The zero-order chi connectivity index (χ0) is 17.1. The van der Waals surface area contributed by atoms with E-state index in [2.05, 4.69) is 10.2 Å². The normalized spacial score (nSPS) is 16.5. The van der Waals surface area contributed by atoms with Crippen molar-refractivity contribution in [1.29, 1.82) is 0 Å². The molecule has 7 heteroatoms. The number of azo groups is 1. The fraction of sp³-hybridized carbons (Fsp3) is 0.0588. The van der Waals surface area contributed by atoms with Gasteiger partial charge >= 0.3 is 0 Å². The molecule has 5 nitrogen and oxygen atoms in total. The number of likely N-dealkylation sites (N-methyl/N-ethyl adjacent to an activating group) is 1. The van der Waals surface area contributed by atoms with Gasteiger partial charge in [-0.25, -0.2) is 0 Å². The van der Waals surface area contributed by atoms with Crippen LogP contribution in [-0.2, 0) is 4.79 Å². The van der Waals surface area contributed by atoms with Gasteiger partial charge in [0.2, 0.25) is 0 Å². The number of benzene rings is 2. The second kappa shape index (κ2) is 6.94. The molecule has 1 saturated heterocycles. The predicted molar refractivity (Wildman–Crippen MR) is 99.7 cm³/mol. The molecule has 2 aromatic rings. The van der Waals surface area contributed by atoms with E-state index in [-0.39, 0.29) is 11.7 Å². The first-order chi connectivity index (χ1) is 11.5. The van der Waals surface area contributed by atoms with Crippen molar-refractivity contribution < 1.29 is 9.90 Å². The van der Waals surface area contributed by atoms with E-state index in [0.29, 0.717) is 20.5 Å². The van der Waals surface area contributed by atoms with Crippen molar-refractivity contribution in [2.75, 3.05) is 7.05 Å². The molecule has 0 bridgehead atoms. The van der Waals surface area contributed by atoms with Gasteiger partial charge in [-0.05, 0) is 36.4 Å². The van der Waals surface area contributed by atoms with Gasteiger partial charge in [-0.2, -0.15) is 10.2 Å². The number of thioether (sulfide) groups is 1. The SMILES string of the molecule is CN1C(=O)/C(=C\c2cc(N=Nc3ccccc3)ccc2O)SC1=S. The van der Waals surface area contributed by atoms with Gasteiger partial charge in [0.15, 0.2) is 0 Å². The molecule has 1 aliphatic rings. The lowest BCUT2D eigenvalue weighted by Gasteiger charge is -2.04. The van der Waals surface area contributed by atoms with E-state index >= 15 is 0 Å². The highest BCUT2D eigenvalue weighted by molar-refractivity contribution is 8.26. The average molecular weight is 355 g/mol. The third-order valence-corrected chi connectivity index (χ3v) is 4.81. The fourth-order valence-electron chi connectivity index (χ4n) is 2.02. The first-order valence-corrected chi connectivity index (χ1v) is 8.28. The number of phenols is 1. The summed E-state index contributed by atoms with van der Waals surface area (Å²) >= 11 is 6.30. The molecule has 0 aliphatic carbocycles. The molecule has 0 unspecified atom stereocenters. The minimum absolute atomic E-state index is 0.0648. The van der Waals surface area contributed by atoms with E-state index in [4.69, 9.17) is 12.2 Å². The Morgan fingerprint density at radius 1 is 1.12 bits per heavy atom. The second-order valence-corrected chi connectivity index (χ2v) is 6.70. The Bertz CT molecular complexity index is 863. The van der Waals surface area contributed by atoms with Crippen molar-refractivity contribution in [3.63, 3.8) is 0 Å². The van der Waals surface area contributed by atoms with Crippen LogP contribution in [0, 0.1) is 0 Å². The molecule has 1 heterocycles. The van der Waals surface area contributed by atoms with Crippen LogP contribution in [0.5, 0.6) is 5.75 Å². The van der Waals surface area contributed by atoms with Gasteiger partial charge in [-0.1, -0.05) is 42.2 Å². The molecule has 2 aromatic carbocycles. The van der Waals surface area contributed by atoms with Gasteiger partial charge in [0.05, 0.1) is 16.3 Å². The molecule has 1 aliphatic heterocycles. The highest BCUT2D eigenvalue weighted by Gasteiger charge is 2.28. The second-order valence-electron chi connectivity index (χ2n) is 5.02. The van der Waals surface area contributed by atoms with E-state index in [0.717, 1.165) is 5.69 Å². The van der Waals surface area contributed by atoms with Crippen LogP contribution >= 0.6 is 24.0 Å². The van der Waals surface area contributed by atoms with E-state index < -0.39 is 0 Å². The molecule has 0 saturated carbocycles. The minimum atomic E-state index is -0.180. The topological polar surface area (TPSA) is 65.3 Å². The molecular formula is C17H13N3O2S2. The standard InChI is InChI=1S/C17H13N3O2S2/c1-20-16(22)15(24-17(20)23)10-11-9-13(7-8-14(11)21)19-18-12-5-3-2-4-6-12/h2-10,21H,1H3/b15-10+,19-18?. The molecule has 1 N–H and O–H groups in total. The average Bonchev–Trinajstić information content (AvgIpc) is 2.83. The molecule has 0 spiro atoms. The summed E-state index contributed by atoms with van der Waals surface area (Å²) in [6.07, 6.45) is 1.61. The number of carbonyl (C=O) groups is 1. The molecular weight excluding hydrogens is 342 g/mol. The third-order valence-electron chi connectivity index (χ3n) is 3.32. The van der Waals surface area contributed by atoms with E-state index in [1.807, 2.05) is 30.3 Å². The van der Waals surface area contributed by atoms with Crippen LogP contribution in [0.15, 0.2) is 63.7 Å². The van der Waals surface area contributed by atoms with Crippen molar-refractivity contribution in [2.45, 2.75) is 0 Å². The number of phenolic OH excluding ortho intramolecular Hbond substituents is 1. The smallest absolute Gasteiger partial charge is 0.265 e. The molecule has 0 aromatic heterocycles. The van der Waals surface area contributed by atoms with Gasteiger partial charge < -0.3 is 5.11 Å². The molecule has 0 radical (unpaired) electrons. The molecule has 1 amide bonds. The lowest BCUT2D eigenvalue weighted by molar-refractivity contribution is -0.121. The van der Waals surface area contributed by atoms with Crippen LogP contribution in [0.25, 0.3) is 6.08 Å². The number of aromatic hydroxyl groups is 1. The van der Waals surface area contributed by atoms with Crippen LogP contribution in [0.2, 0.25) is 0 Å². The quantitative estimate of drug-likeness (QED) is 0.495. The van der Waals surface area contributed by atoms with Crippen LogP contribution in [0.4, 0.5) is 11.4 Å². The van der Waals surface area contributed by atoms with Gasteiger partial charge in [-0.15, -0.1) is 0 Å². The Morgan fingerprint density at radius 2 is 1.83 bits per heavy atom. The predicted octanol–water partition coefficient (Wildman–Crippen LogP) is 4.64. The summed E-state index contributed by atoms with van der Waals surface area (Å²) in [5.74, 6) is -0.115. The maximum atomic E-state index is 12.1. The highest BCUT2D eigenvalue weighted by atomic mass is 32.2. The summed E-state index contributed by atoms with van der Waals surface area (Å²) < 4.78 is 0.491. The van der Waals surface area contributed by atoms with E-state index in [9.17, 15) is 9.90 Å². The zero-order valence-electron chi connectivity index (χ0n) is 12.7. The van der Waals surface area contributed by atoms with Crippen molar-refractivity contribution >= 4 is 51.7 Å². The number of thiocarbonyl (C=S) groups is 1.